The maximum absolute atomic E-state index is 11.6. The molecule has 0 aliphatic heterocycles. The number of benzene rings is 1. The van der Waals surface area contributed by atoms with Crippen LogP contribution in [0.4, 0.5) is 5.69 Å². The number of rotatable bonds is 4. The standard InChI is InChI=1S/C12H14N2O2/c1-14(12(15)7-8-16-2)11-5-3-10(9-13)4-6-11/h3-6H,7-8H2,1-2H3. The number of carbonyl (C=O) groups excluding carboxylic acids is 1. The zero-order valence-corrected chi connectivity index (χ0v) is 9.43. The van der Waals surface area contributed by atoms with Gasteiger partial charge < -0.3 is 9.64 Å². The molecule has 1 aromatic rings. The first-order valence-electron chi connectivity index (χ1n) is 4.94. The summed E-state index contributed by atoms with van der Waals surface area (Å²) in [5.74, 6) is -0.00782. The molecule has 16 heavy (non-hydrogen) atoms. The summed E-state index contributed by atoms with van der Waals surface area (Å²) < 4.78 is 4.84. The van der Waals surface area contributed by atoms with E-state index in [4.69, 9.17) is 10.00 Å². The number of hydrogen-bond acceptors (Lipinski definition) is 3. The number of hydrogen-bond donors (Lipinski definition) is 0. The summed E-state index contributed by atoms with van der Waals surface area (Å²) in [5, 5.41) is 8.65. The quantitative estimate of drug-likeness (QED) is 0.770. The van der Waals surface area contributed by atoms with Crippen LogP contribution in [0.15, 0.2) is 24.3 Å². The monoisotopic (exact) mass is 218 g/mol. The van der Waals surface area contributed by atoms with Gasteiger partial charge in [-0.25, -0.2) is 0 Å². The molecule has 1 amide bonds. The highest BCUT2D eigenvalue weighted by Gasteiger charge is 2.09. The normalized spacial score (nSPS) is 9.56. The van der Waals surface area contributed by atoms with Crippen LogP contribution in [0.2, 0.25) is 0 Å². The number of nitriles is 1. The largest absolute Gasteiger partial charge is 0.384 e. The maximum Gasteiger partial charge on any atom is 0.229 e. The van der Waals surface area contributed by atoms with Crippen molar-refractivity contribution in [1.29, 1.82) is 5.26 Å². The molecule has 0 saturated heterocycles. The molecule has 4 nitrogen and oxygen atoms in total. The first kappa shape index (κ1) is 12.2. The van der Waals surface area contributed by atoms with Crippen molar-refractivity contribution in [3.63, 3.8) is 0 Å². The fourth-order valence-corrected chi connectivity index (χ4v) is 1.26. The van der Waals surface area contributed by atoms with Crippen LogP contribution in [0.1, 0.15) is 12.0 Å². The summed E-state index contributed by atoms with van der Waals surface area (Å²) in [6.07, 6.45) is 0.354. The molecule has 0 aromatic heterocycles. The fourth-order valence-electron chi connectivity index (χ4n) is 1.26. The third kappa shape index (κ3) is 3.07. The second kappa shape index (κ2) is 5.89. The number of ether oxygens (including phenoxy) is 1. The van der Waals surface area contributed by atoms with Gasteiger partial charge in [-0.1, -0.05) is 0 Å². The zero-order valence-electron chi connectivity index (χ0n) is 9.43. The van der Waals surface area contributed by atoms with Gasteiger partial charge in [0.2, 0.25) is 5.91 Å². The molecule has 0 fully saturated rings. The summed E-state index contributed by atoms with van der Waals surface area (Å²) in [5.41, 5.74) is 1.36. The molecule has 0 aliphatic rings. The lowest BCUT2D eigenvalue weighted by molar-refractivity contribution is -0.119. The molecule has 0 heterocycles. The summed E-state index contributed by atoms with van der Waals surface area (Å²) in [7, 11) is 3.27. The van der Waals surface area contributed by atoms with Crippen LogP contribution in [0.5, 0.6) is 0 Å². The highest BCUT2D eigenvalue weighted by atomic mass is 16.5. The minimum atomic E-state index is -0.00782. The Morgan fingerprint density at radius 2 is 2.06 bits per heavy atom. The van der Waals surface area contributed by atoms with E-state index < -0.39 is 0 Å². The first-order valence-corrected chi connectivity index (χ1v) is 4.94. The van der Waals surface area contributed by atoms with E-state index in [9.17, 15) is 4.79 Å². The van der Waals surface area contributed by atoms with Crippen molar-refractivity contribution in [3.05, 3.63) is 29.8 Å². The Bertz CT molecular complexity index is 392. The summed E-state index contributed by atoms with van der Waals surface area (Å²) in [6, 6.07) is 8.92. The zero-order chi connectivity index (χ0) is 12.0. The van der Waals surface area contributed by atoms with Crippen molar-refractivity contribution in [2.24, 2.45) is 0 Å². The predicted octanol–water partition coefficient (Wildman–Crippen LogP) is 1.56. The SMILES string of the molecule is COCCC(=O)N(C)c1ccc(C#N)cc1. The Kier molecular flexibility index (Phi) is 4.49. The first-order chi connectivity index (χ1) is 7.69. The van der Waals surface area contributed by atoms with E-state index in [1.54, 1.807) is 43.3 Å². The van der Waals surface area contributed by atoms with Crippen molar-refractivity contribution in [1.82, 2.24) is 0 Å². The van der Waals surface area contributed by atoms with Gasteiger partial charge in [0.15, 0.2) is 0 Å². The van der Waals surface area contributed by atoms with Gasteiger partial charge in [0.1, 0.15) is 0 Å². The second-order valence-electron chi connectivity index (χ2n) is 3.35. The van der Waals surface area contributed by atoms with Crippen LogP contribution in [-0.2, 0) is 9.53 Å². The van der Waals surface area contributed by atoms with E-state index in [-0.39, 0.29) is 5.91 Å². The molecule has 0 spiro atoms. The molecule has 1 rings (SSSR count). The molecule has 0 bridgehead atoms. The van der Waals surface area contributed by atoms with E-state index in [1.165, 1.54) is 0 Å². The van der Waals surface area contributed by atoms with Crippen LogP contribution in [0.25, 0.3) is 0 Å². The lowest BCUT2D eigenvalue weighted by Gasteiger charge is -2.17. The average Bonchev–Trinajstić information content (AvgIpc) is 2.35. The summed E-state index contributed by atoms with van der Waals surface area (Å²) in [6.45, 7) is 0.416. The third-order valence-electron chi connectivity index (χ3n) is 2.28. The van der Waals surface area contributed by atoms with Crippen LogP contribution in [0.3, 0.4) is 0 Å². The van der Waals surface area contributed by atoms with E-state index in [0.29, 0.717) is 18.6 Å². The second-order valence-corrected chi connectivity index (χ2v) is 3.35. The number of carbonyl (C=O) groups is 1. The van der Waals surface area contributed by atoms with Gasteiger partial charge in [0.05, 0.1) is 24.7 Å². The minimum Gasteiger partial charge on any atom is -0.384 e. The molecule has 0 N–H and O–H groups in total. The Morgan fingerprint density at radius 3 is 2.56 bits per heavy atom. The molecular weight excluding hydrogens is 204 g/mol. The highest BCUT2D eigenvalue weighted by Crippen LogP contribution is 2.14. The Balaban J connectivity index is 2.69. The van der Waals surface area contributed by atoms with Gasteiger partial charge in [-0.15, -0.1) is 0 Å². The number of amides is 1. The van der Waals surface area contributed by atoms with Gasteiger partial charge in [-0.2, -0.15) is 5.26 Å². The minimum absolute atomic E-state index is 0.00782. The van der Waals surface area contributed by atoms with Crippen LogP contribution >= 0.6 is 0 Å². The lowest BCUT2D eigenvalue weighted by atomic mass is 10.2. The molecule has 4 heteroatoms. The average molecular weight is 218 g/mol. The summed E-state index contributed by atoms with van der Waals surface area (Å²) in [4.78, 5) is 13.2. The molecule has 84 valence electrons. The maximum atomic E-state index is 11.6. The number of anilines is 1. The van der Waals surface area contributed by atoms with Crippen LogP contribution < -0.4 is 4.90 Å². The van der Waals surface area contributed by atoms with E-state index in [0.717, 1.165) is 5.69 Å². The Labute approximate surface area is 95.0 Å². The lowest BCUT2D eigenvalue weighted by Crippen LogP contribution is -2.26. The van der Waals surface area contributed by atoms with E-state index in [1.807, 2.05) is 6.07 Å². The van der Waals surface area contributed by atoms with Gasteiger partial charge in [0.25, 0.3) is 0 Å². The van der Waals surface area contributed by atoms with Crippen molar-refractivity contribution < 1.29 is 9.53 Å². The van der Waals surface area contributed by atoms with Gasteiger partial charge in [-0.05, 0) is 24.3 Å². The topological polar surface area (TPSA) is 53.3 Å². The third-order valence-corrected chi connectivity index (χ3v) is 2.28. The predicted molar refractivity (Wildman–Crippen MR) is 61.1 cm³/mol. The van der Waals surface area contributed by atoms with E-state index in [2.05, 4.69) is 0 Å². The van der Waals surface area contributed by atoms with Crippen molar-refractivity contribution in [3.8, 4) is 6.07 Å². The highest BCUT2D eigenvalue weighted by molar-refractivity contribution is 5.92. The molecule has 0 aliphatic carbocycles. The van der Waals surface area contributed by atoms with E-state index >= 15 is 0 Å². The summed E-state index contributed by atoms with van der Waals surface area (Å²) >= 11 is 0. The molecule has 1 aromatic carbocycles. The molecular formula is C12H14N2O2. The fraction of sp³-hybridized carbons (Fsp3) is 0.333. The van der Waals surface area contributed by atoms with Crippen molar-refractivity contribution in [2.75, 3.05) is 25.7 Å². The molecule has 0 saturated carbocycles. The van der Waals surface area contributed by atoms with Crippen LogP contribution in [-0.4, -0.2) is 26.7 Å². The molecule has 0 radical (unpaired) electrons. The Morgan fingerprint density at radius 1 is 1.44 bits per heavy atom. The van der Waals surface area contributed by atoms with Gasteiger partial charge in [0, 0.05) is 19.8 Å². The number of methoxy groups -OCH3 is 1. The number of nitrogens with zero attached hydrogens (tertiary/aromatic N) is 2. The molecule has 0 atom stereocenters. The van der Waals surface area contributed by atoms with Crippen molar-refractivity contribution in [2.45, 2.75) is 6.42 Å². The van der Waals surface area contributed by atoms with Crippen LogP contribution in [0, 0.1) is 11.3 Å². The molecule has 0 unspecified atom stereocenters. The smallest absolute Gasteiger partial charge is 0.229 e. The van der Waals surface area contributed by atoms with Crippen molar-refractivity contribution >= 4 is 11.6 Å². The van der Waals surface area contributed by atoms with Gasteiger partial charge in [-0.3, -0.25) is 4.79 Å². The Hall–Kier alpha value is -1.86. The van der Waals surface area contributed by atoms with Gasteiger partial charge >= 0.3 is 0 Å².